The van der Waals surface area contributed by atoms with Gasteiger partial charge in [0.2, 0.25) is 5.91 Å². The number of thioether (sulfide) groups is 1. The molecule has 3 rings (SSSR count). The van der Waals surface area contributed by atoms with Gasteiger partial charge in [0.15, 0.2) is 0 Å². The van der Waals surface area contributed by atoms with Gasteiger partial charge in [-0.05, 0) is 24.3 Å². The van der Waals surface area contributed by atoms with E-state index in [9.17, 15) is 14.9 Å². The Bertz CT molecular complexity index is 859. The number of rotatable bonds is 7. The highest BCUT2D eigenvalue weighted by Gasteiger charge is 2.07. The molecule has 7 nitrogen and oxygen atoms in total. The molecule has 0 saturated carbocycles. The molecule has 0 spiro atoms. The molecule has 0 atom stereocenters. The van der Waals surface area contributed by atoms with Gasteiger partial charge in [0.05, 0.1) is 21.7 Å². The Kier molecular flexibility index (Phi) is 5.30. The van der Waals surface area contributed by atoms with Crippen molar-refractivity contribution >= 4 is 34.4 Å². The second kappa shape index (κ2) is 7.80. The third-order valence-electron chi connectivity index (χ3n) is 3.54. The number of hydrogen-bond donors (Lipinski definition) is 2. The number of nitro benzene ring substituents is 1. The number of nitro groups is 1. The van der Waals surface area contributed by atoms with E-state index in [2.05, 4.69) is 15.3 Å². The van der Waals surface area contributed by atoms with Crippen LogP contribution in [0.25, 0.3) is 11.0 Å². The molecule has 0 saturated heterocycles. The second-order valence-corrected chi connectivity index (χ2v) is 6.39. The fourth-order valence-corrected chi connectivity index (χ4v) is 3.04. The van der Waals surface area contributed by atoms with E-state index in [1.54, 1.807) is 12.1 Å². The molecule has 0 unspecified atom stereocenters. The van der Waals surface area contributed by atoms with Crippen molar-refractivity contribution in [2.45, 2.75) is 11.3 Å². The van der Waals surface area contributed by atoms with Crippen molar-refractivity contribution in [3.05, 3.63) is 64.5 Å². The van der Waals surface area contributed by atoms with Crippen molar-refractivity contribution < 1.29 is 9.72 Å². The van der Waals surface area contributed by atoms with Crippen LogP contribution in [0.4, 0.5) is 5.69 Å². The minimum atomic E-state index is -0.445. The first-order chi connectivity index (χ1) is 12.1. The van der Waals surface area contributed by atoms with E-state index in [-0.39, 0.29) is 17.3 Å². The molecule has 2 N–H and O–H groups in total. The largest absolute Gasteiger partial charge is 0.355 e. The van der Waals surface area contributed by atoms with Gasteiger partial charge in [0.1, 0.15) is 5.82 Å². The summed E-state index contributed by atoms with van der Waals surface area (Å²) in [6.45, 7) is 0.499. The highest BCUT2D eigenvalue weighted by Crippen LogP contribution is 2.21. The molecule has 3 aromatic rings. The predicted octanol–water partition coefficient (Wildman–Crippen LogP) is 2.92. The number of nitrogens with one attached hydrogen (secondary N) is 2. The van der Waals surface area contributed by atoms with Crippen LogP contribution in [0.3, 0.4) is 0 Å². The lowest BCUT2D eigenvalue weighted by Crippen LogP contribution is -2.27. The van der Waals surface area contributed by atoms with Gasteiger partial charge < -0.3 is 10.3 Å². The third-order valence-corrected chi connectivity index (χ3v) is 4.55. The molecule has 0 aliphatic heterocycles. The Balaban J connectivity index is 1.42. The van der Waals surface area contributed by atoms with Crippen molar-refractivity contribution in [3.63, 3.8) is 0 Å². The highest BCUT2D eigenvalue weighted by molar-refractivity contribution is 8.00. The van der Waals surface area contributed by atoms with E-state index in [4.69, 9.17) is 0 Å². The van der Waals surface area contributed by atoms with E-state index in [0.29, 0.717) is 13.0 Å². The topological polar surface area (TPSA) is 101 Å². The Morgan fingerprint density at radius 3 is 2.68 bits per heavy atom. The van der Waals surface area contributed by atoms with Crippen LogP contribution >= 0.6 is 11.8 Å². The van der Waals surface area contributed by atoms with Gasteiger partial charge in [0.25, 0.3) is 5.69 Å². The zero-order valence-electron chi connectivity index (χ0n) is 13.3. The van der Waals surface area contributed by atoms with Crippen molar-refractivity contribution in [1.82, 2.24) is 15.3 Å². The molecular weight excluding hydrogens is 340 g/mol. The molecule has 1 heterocycles. The molecule has 128 valence electrons. The van der Waals surface area contributed by atoms with Gasteiger partial charge in [-0.2, -0.15) is 0 Å². The van der Waals surface area contributed by atoms with Gasteiger partial charge in [0, 0.05) is 30.0 Å². The molecule has 0 radical (unpaired) electrons. The van der Waals surface area contributed by atoms with Crippen molar-refractivity contribution in [2.75, 3.05) is 12.3 Å². The maximum absolute atomic E-state index is 11.9. The van der Waals surface area contributed by atoms with E-state index in [1.165, 1.54) is 23.9 Å². The first kappa shape index (κ1) is 17.0. The average Bonchev–Trinajstić information content (AvgIpc) is 3.03. The number of imidazole rings is 1. The Morgan fingerprint density at radius 1 is 1.20 bits per heavy atom. The summed E-state index contributed by atoms with van der Waals surface area (Å²) in [4.78, 5) is 30.5. The predicted molar refractivity (Wildman–Crippen MR) is 96.6 cm³/mol. The molecule has 25 heavy (non-hydrogen) atoms. The number of aromatic amines is 1. The number of aromatic nitrogens is 2. The number of hydrogen-bond acceptors (Lipinski definition) is 5. The van der Waals surface area contributed by atoms with Crippen molar-refractivity contribution in [1.29, 1.82) is 0 Å². The fraction of sp³-hybridized carbons (Fsp3) is 0.176. The van der Waals surface area contributed by atoms with Gasteiger partial charge in [-0.15, -0.1) is 11.8 Å². The maximum Gasteiger partial charge on any atom is 0.269 e. The normalized spacial score (nSPS) is 10.7. The van der Waals surface area contributed by atoms with Crippen LogP contribution in [-0.2, 0) is 11.2 Å². The minimum absolute atomic E-state index is 0.0413. The SMILES string of the molecule is O=C(CSc1ccc([N+](=O)[O-])cc1)NCCc1nc2ccccc2[nH]1. The number of non-ortho nitro benzene ring substituents is 1. The van der Waals surface area contributed by atoms with E-state index in [0.717, 1.165) is 21.8 Å². The van der Waals surface area contributed by atoms with Crippen LogP contribution in [0.1, 0.15) is 5.82 Å². The zero-order chi connectivity index (χ0) is 17.6. The van der Waals surface area contributed by atoms with E-state index in [1.807, 2.05) is 24.3 Å². The zero-order valence-corrected chi connectivity index (χ0v) is 14.1. The highest BCUT2D eigenvalue weighted by atomic mass is 32.2. The number of carbonyl (C=O) groups excluding carboxylic acids is 1. The van der Waals surface area contributed by atoms with Crippen LogP contribution in [-0.4, -0.2) is 33.1 Å². The summed E-state index contributed by atoms with van der Waals surface area (Å²) >= 11 is 1.34. The minimum Gasteiger partial charge on any atom is -0.355 e. The number of nitrogens with zero attached hydrogens (tertiary/aromatic N) is 2. The van der Waals surface area contributed by atoms with E-state index < -0.39 is 4.92 Å². The van der Waals surface area contributed by atoms with Gasteiger partial charge in [-0.25, -0.2) is 4.98 Å². The summed E-state index contributed by atoms with van der Waals surface area (Å²) in [5, 5.41) is 13.4. The fourth-order valence-electron chi connectivity index (χ4n) is 2.31. The molecule has 1 aromatic heterocycles. The molecule has 1 amide bonds. The summed E-state index contributed by atoms with van der Waals surface area (Å²) in [5.41, 5.74) is 1.94. The smallest absolute Gasteiger partial charge is 0.269 e. The monoisotopic (exact) mass is 356 g/mol. The summed E-state index contributed by atoms with van der Waals surface area (Å²) < 4.78 is 0. The molecule has 0 aliphatic carbocycles. The van der Waals surface area contributed by atoms with Crippen LogP contribution in [0.15, 0.2) is 53.4 Å². The number of amides is 1. The van der Waals surface area contributed by atoms with Crippen LogP contribution in [0, 0.1) is 10.1 Å². The van der Waals surface area contributed by atoms with Crippen LogP contribution in [0.5, 0.6) is 0 Å². The Hall–Kier alpha value is -2.87. The first-order valence-electron chi connectivity index (χ1n) is 7.69. The summed E-state index contributed by atoms with van der Waals surface area (Å²) in [6.07, 6.45) is 0.628. The molecule has 0 aliphatic rings. The summed E-state index contributed by atoms with van der Waals surface area (Å²) in [6, 6.07) is 13.9. The van der Waals surface area contributed by atoms with Crippen LogP contribution in [0.2, 0.25) is 0 Å². The van der Waals surface area contributed by atoms with Crippen molar-refractivity contribution in [3.8, 4) is 0 Å². The molecule has 2 aromatic carbocycles. The maximum atomic E-state index is 11.9. The number of para-hydroxylation sites is 2. The van der Waals surface area contributed by atoms with Gasteiger partial charge >= 0.3 is 0 Å². The standard InChI is InChI=1S/C17H16N4O3S/c22-17(11-25-13-7-5-12(6-8-13)21(23)24)18-10-9-16-19-14-3-1-2-4-15(14)20-16/h1-8H,9-11H2,(H,18,22)(H,19,20). The second-order valence-electron chi connectivity index (χ2n) is 5.34. The summed E-state index contributed by atoms with van der Waals surface area (Å²) in [7, 11) is 0. The number of H-pyrrole nitrogens is 1. The average molecular weight is 356 g/mol. The van der Waals surface area contributed by atoms with E-state index >= 15 is 0 Å². The quantitative estimate of drug-likeness (QED) is 0.385. The molecular formula is C17H16N4O3S. The number of fused-ring (bicyclic) bond motifs is 1. The lowest BCUT2D eigenvalue weighted by atomic mass is 10.3. The molecule has 8 heteroatoms. The molecule has 0 fully saturated rings. The first-order valence-corrected chi connectivity index (χ1v) is 8.68. The lowest BCUT2D eigenvalue weighted by molar-refractivity contribution is -0.384. The Morgan fingerprint density at radius 2 is 1.96 bits per heavy atom. The number of benzene rings is 2. The third kappa shape index (κ3) is 4.57. The Labute approximate surface area is 148 Å². The number of carbonyl (C=O) groups is 1. The van der Waals surface area contributed by atoms with Crippen molar-refractivity contribution in [2.24, 2.45) is 0 Å². The van der Waals surface area contributed by atoms with Gasteiger partial charge in [-0.3, -0.25) is 14.9 Å². The molecule has 0 bridgehead atoms. The lowest BCUT2D eigenvalue weighted by Gasteiger charge is -2.04. The van der Waals surface area contributed by atoms with Crippen LogP contribution < -0.4 is 5.32 Å². The van der Waals surface area contributed by atoms with Gasteiger partial charge in [-0.1, -0.05) is 12.1 Å². The summed E-state index contributed by atoms with van der Waals surface area (Å²) in [5.74, 6) is 1.02.